The van der Waals surface area contributed by atoms with Crippen molar-refractivity contribution in [3.8, 4) is 11.4 Å². The van der Waals surface area contributed by atoms with E-state index in [9.17, 15) is 8.78 Å². The van der Waals surface area contributed by atoms with E-state index in [1.807, 2.05) is 11.5 Å². The molecular weight excluding hydrogens is 272 g/mol. The van der Waals surface area contributed by atoms with Gasteiger partial charge >= 0.3 is 0 Å². The highest BCUT2D eigenvalue weighted by atomic mass is 19.1. The minimum Gasteiger partial charge on any atom is -0.398 e. The molecule has 21 heavy (non-hydrogen) atoms. The van der Waals surface area contributed by atoms with Crippen LogP contribution in [0.1, 0.15) is 13.3 Å². The van der Waals surface area contributed by atoms with Crippen molar-refractivity contribution in [3.05, 3.63) is 48.0 Å². The highest BCUT2D eigenvalue weighted by Gasteiger charge is 2.19. The van der Waals surface area contributed by atoms with Crippen molar-refractivity contribution < 1.29 is 8.78 Å². The fraction of sp³-hybridized carbons (Fsp3) is 0.188. The average Bonchev–Trinajstić information content (AvgIpc) is 2.80. The van der Waals surface area contributed by atoms with Crippen LogP contribution in [0.4, 0.5) is 14.5 Å². The molecule has 3 rings (SSSR count). The number of hydrogen-bond donors (Lipinski definition) is 1. The van der Waals surface area contributed by atoms with E-state index in [0.29, 0.717) is 23.6 Å². The molecule has 0 amide bonds. The number of para-hydroxylation sites is 1. The molecule has 0 aliphatic heterocycles. The lowest BCUT2D eigenvalue weighted by atomic mass is 10.1. The van der Waals surface area contributed by atoms with Crippen LogP contribution in [-0.2, 0) is 6.54 Å². The smallest absolute Gasteiger partial charge is 0.151 e. The fourth-order valence-electron chi connectivity index (χ4n) is 2.53. The zero-order valence-corrected chi connectivity index (χ0v) is 11.6. The molecule has 2 N–H and O–H groups in total. The van der Waals surface area contributed by atoms with Crippen LogP contribution in [0, 0.1) is 11.6 Å². The molecule has 0 bridgehead atoms. The number of aromatic nitrogens is 2. The van der Waals surface area contributed by atoms with Crippen LogP contribution in [0.2, 0.25) is 0 Å². The quantitative estimate of drug-likeness (QED) is 0.741. The van der Waals surface area contributed by atoms with Crippen molar-refractivity contribution in [2.45, 2.75) is 19.9 Å². The van der Waals surface area contributed by atoms with E-state index in [4.69, 9.17) is 5.73 Å². The summed E-state index contributed by atoms with van der Waals surface area (Å²) >= 11 is 0. The number of nitrogens with zero attached hydrogens (tertiary/aromatic N) is 2. The first-order valence-corrected chi connectivity index (χ1v) is 6.82. The summed E-state index contributed by atoms with van der Waals surface area (Å²) in [7, 11) is 0. The van der Waals surface area contributed by atoms with E-state index >= 15 is 0 Å². The van der Waals surface area contributed by atoms with Gasteiger partial charge in [0.15, 0.2) is 5.82 Å². The minimum absolute atomic E-state index is 0.224. The maximum Gasteiger partial charge on any atom is 0.151 e. The fourth-order valence-corrected chi connectivity index (χ4v) is 2.53. The van der Waals surface area contributed by atoms with Crippen LogP contribution < -0.4 is 5.73 Å². The molecule has 0 radical (unpaired) electrons. The third kappa shape index (κ3) is 2.14. The predicted molar refractivity (Wildman–Crippen MR) is 79.8 cm³/mol. The normalized spacial score (nSPS) is 11.2. The van der Waals surface area contributed by atoms with Crippen molar-refractivity contribution in [1.82, 2.24) is 9.55 Å². The summed E-state index contributed by atoms with van der Waals surface area (Å²) < 4.78 is 29.9. The lowest BCUT2D eigenvalue weighted by Gasteiger charge is -2.10. The van der Waals surface area contributed by atoms with E-state index in [1.54, 1.807) is 24.3 Å². The number of aryl methyl sites for hydroxylation is 1. The number of benzene rings is 2. The van der Waals surface area contributed by atoms with Gasteiger partial charge in [-0.3, -0.25) is 0 Å². The highest BCUT2D eigenvalue weighted by molar-refractivity contribution is 5.84. The van der Waals surface area contributed by atoms with Gasteiger partial charge in [-0.1, -0.05) is 19.1 Å². The Hall–Kier alpha value is -2.43. The molecule has 0 aliphatic carbocycles. The first-order valence-electron chi connectivity index (χ1n) is 6.82. The molecule has 0 saturated heterocycles. The van der Waals surface area contributed by atoms with Gasteiger partial charge < -0.3 is 10.3 Å². The first-order chi connectivity index (χ1) is 10.1. The third-order valence-corrected chi connectivity index (χ3v) is 3.45. The Bertz CT molecular complexity index is 788. The minimum atomic E-state index is -0.455. The van der Waals surface area contributed by atoms with E-state index in [2.05, 4.69) is 4.98 Å². The number of halogens is 2. The number of nitrogens with two attached hydrogens (primary N) is 1. The molecule has 2 aromatic carbocycles. The van der Waals surface area contributed by atoms with Crippen molar-refractivity contribution >= 4 is 16.7 Å². The van der Waals surface area contributed by atoms with E-state index in [0.717, 1.165) is 6.42 Å². The Morgan fingerprint density at radius 3 is 2.52 bits per heavy atom. The summed E-state index contributed by atoms with van der Waals surface area (Å²) in [5, 5.41) is 0. The summed E-state index contributed by atoms with van der Waals surface area (Å²) in [4.78, 5) is 4.29. The molecule has 0 atom stereocenters. The van der Waals surface area contributed by atoms with Gasteiger partial charge in [0.05, 0.1) is 11.1 Å². The molecule has 0 saturated carbocycles. The Morgan fingerprint density at radius 1 is 1.10 bits per heavy atom. The lowest BCUT2D eigenvalue weighted by molar-refractivity contribution is 0.626. The Kier molecular flexibility index (Phi) is 3.33. The second-order valence-corrected chi connectivity index (χ2v) is 4.90. The monoisotopic (exact) mass is 287 g/mol. The summed E-state index contributed by atoms with van der Waals surface area (Å²) in [6.45, 7) is 2.61. The largest absolute Gasteiger partial charge is 0.398 e. The zero-order chi connectivity index (χ0) is 15.0. The summed E-state index contributed by atoms with van der Waals surface area (Å²) in [5.74, 6) is -0.505. The van der Waals surface area contributed by atoms with Gasteiger partial charge in [0, 0.05) is 12.2 Å². The van der Waals surface area contributed by atoms with E-state index < -0.39 is 11.6 Å². The lowest BCUT2D eigenvalue weighted by Crippen LogP contribution is -2.03. The molecule has 0 fully saturated rings. The first kappa shape index (κ1) is 13.5. The molecule has 3 nitrogen and oxygen atoms in total. The SMILES string of the molecule is CCCn1c(-c2c(N)cccc2F)nc2c(F)cccc21. The van der Waals surface area contributed by atoms with E-state index in [1.165, 1.54) is 12.1 Å². The molecule has 3 aromatic rings. The molecule has 5 heteroatoms. The summed E-state index contributed by atoms with van der Waals surface area (Å²) in [6.07, 6.45) is 0.823. The molecule has 1 heterocycles. The van der Waals surface area contributed by atoms with Gasteiger partial charge in [0.2, 0.25) is 0 Å². The van der Waals surface area contributed by atoms with Gasteiger partial charge in [-0.25, -0.2) is 13.8 Å². The van der Waals surface area contributed by atoms with Crippen LogP contribution in [0.25, 0.3) is 22.4 Å². The van der Waals surface area contributed by atoms with Crippen LogP contribution in [0.15, 0.2) is 36.4 Å². The van der Waals surface area contributed by atoms with Gasteiger partial charge in [-0.05, 0) is 30.7 Å². The Morgan fingerprint density at radius 2 is 1.81 bits per heavy atom. The van der Waals surface area contributed by atoms with Crippen LogP contribution in [0.3, 0.4) is 0 Å². The topological polar surface area (TPSA) is 43.8 Å². The van der Waals surface area contributed by atoms with E-state index in [-0.39, 0.29) is 11.1 Å². The molecule has 0 unspecified atom stereocenters. The van der Waals surface area contributed by atoms with Crippen molar-refractivity contribution in [2.24, 2.45) is 0 Å². The highest BCUT2D eigenvalue weighted by Crippen LogP contribution is 2.32. The third-order valence-electron chi connectivity index (χ3n) is 3.45. The number of rotatable bonds is 3. The van der Waals surface area contributed by atoms with Gasteiger partial charge in [-0.15, -0.1) is 0 Å². The Labute approximate surface area is 121 Å². The van der Waals surface area contributed by atoms with Crippen LogP contribution in [-0.4, -0.2) is 9.55 Å². The van der Waals surface area contributed by atoms with Gasteiger partial charge in [-0.2, -0.15) is 0 Å². The number of hydrogen-bond acceptors (Lipinski definition) is 2. The van der Waals surface area contributed by atoms with Gasteiger partial charge in [0.1, 0.15) is 17.2 Å². The van der Waals surface area contributed by atoms with Crippen LogP contribution in [0.5, 0.6) is 0 Å². The van der Waals surface area contributed by atoms with Crippen molar-refractivity contribution in [2.75, 3.05) is 5.73 Å². The standard InChI is InChI=1S/C16H15F2N3/c1-2-9-21-13-8-4-6-11(18)15(13)20-16(21)14-10(17)5-3-7-12(14)19/h3-8H,2,9,19H2,1H3. The van der Waals surface area contributed by atoms with Crippen molar-refractivity contribution in [1.29, 1.82) is 0 Å². The second kappa shape index (κ2) is 5.16. The Balaban J connectivity index is 2.37. The number of nitrogen functional groups attached to an aromatic ring is 1. The zero-order valence-electron chi connectivity index (χ0n) is 11.6. The molecule has 108 valence electrons. The molecular formula is C16H15F2N3. The molecule has 0 aliphatic rings. The average molecular weight is 287 g/mol. The molecule has 1 aromatic heterocycles. The summed E-state index contributed by atoms with van der Waals surface area (Å²) in [5.41, 5.74) is 7.30. The number of fused-ring (bicyclic) bond motifs is 1. The predicted octanol–water partition coefficient (Wildman–Crippen LogP) is 3.97. The number of imidazole rings is 1. The molecule has 0 spiro atoms. The van der Waals surface area contributed by atoms with Crippen molar-refractivity contribution in [3.63, 3.8) is 0 Å². The maximum atomic E-state index is 14.2. The second-order valence-electron chi connectivity index (χ2n) is 4.90. The van der Waals surface area contributed by atoms with Gasteiger partial charge in [0.25, 0.3) is 0 Å². The maximum absolute atomic E-state index is 14.2. The summed E-state index contributed by atoms with van der Waals surface area (Å²) in [6, 6.07) is 9.24. The number of anilines is 1. The van der Waals surface area contributed by atoms with Crippen LogP contribution >= 0.6 is 0 Å².